The summed E-state index contributed by atoms with van der Waals surface area (Å²) in [4.78, 5) is 10.7. The molecular weight excluding hydrogens is 254 g/mol. The van der Waals surface area contributed by atoms with Crippen molar-refractivity contribution in [1.29, 1.82) is 0 Å². The van der Waals surface area contributed by atoms with E-state index in [1.807, 2.05) is 42.5 Å². The summed E-state index contributed by atoms with van der Waals surface area (Å²) in [7, 11) is 0. The van der Waals surface area contributed by atoms with Crippen LogP contribution in [0, 0.1) is 0 Å². The molecule has 1 aromatic heterocycles. The normalized spacial score (nSPS) is 10.8. The van der Waals surface area contributed by atoms with Gasteiger partial charge in [-0.25, -0.2) is 0 Å². The predicted molar refractivity (Wildman–Crippen MR) is 77.2 cm³/mol. The Morgan fingerprint density at radius 1 is 1.20 bits per heavy atom. The van der Waals surface area contributed by atoms with Crippen LogP contribution in [0.1, 0.15) is 0 Å². The first-order chi connectivity index (χ1) is 9.61. The van der Waals surface area contributed by atoms with Gasteiger partial charge >= 0.3 is 5.97 Å². The molecule has 100 valence electrons. The highest BCUT2D eigenvalue weighted by molar-refractivity contribution is 5.84. The van der Waals surface area contributed by atoms with Crippen LogP contribution in [0.5, 0.6) is 0 Å². The van der Waals surface area contributed by atoms with E-state index in [0.717, 1.165) is 22.0 Å². The fourth-order valence-corrected chi connectivity index (χ4v) is 2.18. The zero-order valence-corrected chi connectivity index (χ0v) is 10.7. The van der Waals surface area contributed by atoms with Crippen molar-refractivity contribution in [3.8, 4) is 11.1 Å². The van der Waals surface area contributed by atoms with Gasteiger partial charge in [0.15, 0.2) is 0 Å². The third-order valence-electron chi connectivity index (χ3n) is 3.07. The van der Waals surface area contributed by atoms with Crippen molar-refractivity contribution in [2.75, 3.05) is 5.73 Å². The van der Waals surface area contributed by atoms with Gasteiger partial charge in [-0.2, -0.15) is 5.10 Å². The second-order valence-corrected chi connectivity index (χ2v) is 4.62. The zero-order valence-electron chi connectivity index (χ0n) is 10.7. The number of hydrogen-bond acceptors (Lipinski definition) is 3. The Bertz CT molecular complexity index is 793. The second kappa shape index (κ2) is 4.70. The van der Waals surface area contributed by atoms with E-state index in [-0.39, 0.29) is 6.54 Å². The fourth-order valence-electron chi connectivity index (χ4n) is 2.18. The van der Waals surface area contributed by atoms with Gasteiger partial charge in [0.2, 0.25) is 0 Å². The lowest BCUT2D eigenvalue weighted by Gasteiger charge is -2.02. The molecule has 0 atom stereocenters. The molecule has 0 unspecified atom stereocenters. The molecule has 0 aliphatic heterocycles. The summed E-state index contributed by atoms with van der Waals surface area (Å²) < 4.78 is 1.43. The second-order valence-electron chi connectivity index (χ2n) is 4.62. The summed E-state index contributed by atoms with van der Waals surface area (Å²) in [6, 6.07) is 13.5. The zero-order chi connectivity index (χ0) is 14.1. The molecule has 0 radical (unpaired) electrons. The number of fused-ring (bicyclic) bond motifs is 1. The maximum Gasteiger partial charge on any atom is 0.325 e. The van der Waals surface area contributed by atoms with E-state index in [0.29, 0.717) is 5.69 Å². The smallest absolute Gasteiger partial charge is 0.325 e. The summed E-state index contributed by atoms with van der Waals surface area (Å²) in [5.41, 5.74) is 9.28. The van der Waals surface area contributed by atoms with Crippen molar-refractivity contribution in [3.05, 3.63) is 48.7 Å². The quantitative estimate of drug-likeness (QED) is 0.714. The largest absolute Gasteiger partial charge is 0.480 e. The molecule has 3 aromatic rings. The number of aliphatic carboxylic acids is 1. The summed E-state index contributed by atoms with van der Waals surface area (Å²) in [5.74, 6) is -0.908. The van der Waals surface area contributed by atoms with Gasteiger partial charge in [0.05, 0.1) is 5.52 Å². The Balaban J connectivity index is 2.04. The van der Waals surface area contributed by atoms with Crippen LogP contribution >= 0.6 is 0 Å². The summed E-state index contributed by atoms with van der Waals surface area (Å²) in [6.45, 7) is -0.137. The molecule has 0 fully saturated rings. The van der Waals surface area contributed by atoms with E-state index in [1.165, 1.54) is 4.68 Å². The number of benzene rings is 2. The maximum absolute atomic E-state index is 10.7. The number of carbonyl (C=O) groups is 1. The summed E-state index contributed by atoms with van der Waals surface area (Å²) in [5, 5.41) is 14.0. The number of rotatable bonds is 3. The lowest BCUT2D eigenvalue weighted by atomic mass is 10.0. The van der Waals surface area contributed by atoms with E-state index >= 15 is 0 Å². The van der Waals surface area contributed by atoms with Gasteiger partial charge in [-0.15, -0.1) is 0 Å². The van der Waals surface area contributed by atoms with E-state index in [9.17, 15) is 4.79 Å². The first kappa shape index (κ1) is 12.2. The first-order valence-electron chi connectivity index (χ1n) is 6.17. The topological polar surface area (TPSA) is 81.1 Å². The minimum atomic E-state index is -0.908. The SMILES string of the molecule is Nc1cccc(-c2ccc3cn(CC(=O)O)nc3c2)c1. The molecule has 2 aromatic carbocycles. The van der Waals surface area contributed by atoms with Gasteiger partial charge in [0.25, 0.3) is 0 Å². The van der Waals surface area contributed by atoms with Gasteiger partial charge in [-0.3, -0.25) is 9.48 Å². The average Bonchev–Trinajstić information content (AvgIpc) is 2.78. The van der Waals surface area contributed by atoms with Crippen LogP contribution in [-0.2, 0) is 11.3 Å². The van der Waals surface area contributed by atoms with Crippen LogP contribution in [0.15, 0.2) is 48.7 Å². The lowest BCUT2D eigenvalue weighted by Crippen LogP contribution is -2.08. The van der Waals surface area contributed by atoms with Gasteiger partial charge in [0, 0.05) is 17.3 Å². The molecule has 0 bridgehead atoms. The van der Waals surface area contributed by atoms with Crippen LogP contribution < -0.4 is 5.73 Å². The number of anilines is 1. The number of nitrogens with two attached hydrogens (primary N) is 1. The predicted octanol–water partition coefficient (Wildman–Crippen LogP) is 2.37. The van der Waals surface area contributed by atoms with E-state index < -0.39 is 5.97 Å². The molecule has 0 amide bonds. The molecule has 0 saturated carbocycles. The van der Waals surface area contributed by atoms with Gasteiger partial charge < -0.3 is 10.8 Å². The Morgan fingerprint density at radius 2 is 2.00 bits per heavy atom. The Kier molecular flexibility index (Phi) is 2.87. The monoisotopic (exact) mass is 267 g/mol. The van der Waals surface area contributed by atoms with Crippen molar-refractivity contribution < 1.29 is 9.90 Å². The molecule has 0 aliphatic rings. The van der Waals surface area contributed by atoms with Crippen molar-refractivity contribution >= 4 is 22.6 Å². The van der Waals surface area contributed by atoms with E-state index in [4.69, 9.17) is 10.8 Å². The number of nitrogen functional groups attached to an aromatic ring is 1. The number of carboxylic acids is 1. The van der Waals surface area contributed by atoms with Crippen LogP contribution in [0.25, 0.3) is 22.0 Å². The van der Waals surface area contributed by atoms with E-state index in [1.54, 1.807) is 6.20 Å². The number of nitrogens with zero attached hydrogens (tertiary/aromatic N) is 2. The van der Waals surface area contributed by atoms with Gasteiger partial charge in [0.1, 0.15) is 6.54 Å². The molecule has 20 heavy (non-hydrogen) atoms. The Morgan fingerprint density at radius 3 is 2.75 bits per heavy atom. The Hall–Kier alpha value is -2.82. The molecule has 1 heterocycles. The fraction of sp³-hybridized carbons (Fsp3) is 0.0667. The van der Waals surface area contributed by atoms with E-state index in [2.05, 4.69) is 5.10 Å². The standard InChI is InChI=1S/C15H13N3O2/c16-13-3-1-2-10(6-13)11-4-5-12-8-18(9-15(19)20)17-14(12)7-11/h1-8H,9,16H2,(H,19,20). The molecule has 3 rings (SSSR count). The first-order valence-corrected chi connectivity index (χ1v) is 6.17. The molecule has 0 spiro atoms. The summed E-state index contributed by atoms with van der Waals surface area (Å²) in [6.07, 6.45) is 1.73. The van der Waals surface area contributed by atoms with Crippen molar-refractivity contribution in [1.82, 2.24) is 9.78 Å². The lowest BCUT2D eigenvalue weighted by molar-refractivity contribution is -0.137. The average molecular weight is 267 g/mol. The highest BCUT2D eigenvalue weighted by Gasteiger charge is 2.06. The molecular formula is C15H13N3O2. The van der Waals surface area contributed by atoms with Crippen LogP contribution in [0.2, 0.25) is 0 Å². The third kappa shape index (κ3) is 2.33. The summed E-state index contributed by atoms with van der Waals surface area (Å²) >= 11 is 0. The van der Waals surface area contributed by atoms with Crippen molar-refractivity contribution in [2.24, 2.45) is 0 Å². The van der Waals surface area contributed by atoms with Gasteiger partial charge in [-0.1, -0.05) is 24.3 Å². The molecule has 5 heteroatoms. The molecule has 5 nitrogen and oxygen atoms in total. The molecule has 0 aliphatic carbocycles. The van der Waals surface area contributed by atoms with Crippen molar-refractivity contribution in [2.45, 2.75) is 6.54 Å². The highest BCUT2D eigenvalue weighted by atomic mass is 16.4. The molecule has 3 N–H and O–H groups in total. The van der Waals surface area contributed by atoms with Crippen molar-refractivity contribution in [3.63, 3.8) is 0 Å². The Labute approximate surface area is 115 Å². The van der Waals surface area contributed by atoms with Crippen LogP contribution in [0.4, 0.5) is 5.69 Å². The minimum absolute atomic E-state index is 0.137. The minimum Gasteiger partial charge on any atom is -0.480 e. The van der Waals surface area contributed by atoms with Crippen LogP contribution in [0.3, 0.4) is 0 Å². The maximum atomic E-state index is 10.7. The number of aromatic nitrogens is 2. The third-order valence-corrected chi connectivity index (χ3v) is 3.07. The van der Waals surface area contributed by atoms with Gasteiger partial charge in [-0.05, 0) is 29.3 Å². The number of carboxylic acid groups (broad SMARTS) is 1. The van der Waals surface area contributed by atoms with Crippen LogP contribution in [-0.4, -0.2) is 20.9 Å². The number of hydrogen-bond donors (Lipinski definition) is 2. The molecule has 0 saturated heterocycles. The highest BCUT2D eigenvalue weighted by Crippen LogP contribution is 2.25.